The summed E-state index contributed by atoms with van der Waals surface area (Å²) in [5.41, 5.74) is 4.39. The van der Waals surface area contributed by atoms with Crippen LogP contribution in [-0.2, 0) is 45.5 Å². The number of hydrogen-bond donors (Lipinski definition) is 0. The van der Waals surface area contributed by atoms with Crippen LogP contribution in [0.4, 0.5) is 0 Å². The molecule has 16 rings (SSSR count). The van der Waals surface area contributed by atoms with Crippen LogP contribution in [0.3, 0.4) is 0 Å². The maximum atomic E-state index is 11.9. The van der Waals surface area contributed by atoms with Crippen molar-refractivity contribution < 1.29 is 33.2 Å². The van der Waals surface area contributed by atoms with Crippen molar-refractivity contribution in [3.63, 3.8) is 0 Å². The Hall–Kier alpha value is -3.53. The van der Waals surface area contributed by atoms with E-state index >= 15 is 0 Å². The Kier molecular flexibility index (Phi) is 43.1. The molecule has 61 heteroatoms. The van der Waals surface area contributed by atoms with Gasteiger partial charge in [0.15, 0.2) is 122 Å². The summed E-state index contributed by atoms with van der Waals surface area (Å²) in [6.07, 6.45) is 3.34. The molecule has 0 spiro atoms. The van der Waals surface area contributed by atoms with Crippen molar-refractivity contribution in [1.82, 2.24) is 89.7 Å². The molecule has 1 aliphatic rings. The molecule has 6 aromatic heterocycles. The molecule has 0 atom stereocenters. The highest BCUT2D eigenvalue weighted by Crippen LogP contribution is 2.51. The van der Waals surface area contributed by atoms with Crippen molar-refractivity contribution in [3.05, 3.63) is 263 Å². The highest BCUT2D eigenvalue weighted by molar-refractivity contribution is 6.72. The van der Waals surface area contributed by atoms with Gasteiger partial charge in [-0.05, 0) is 137 Å². The summed E-state index contributed by atoms with van der Waals surface area (Å²) in [6.45, 7) is 1.60. The first-order valence-corrected chi connectivity index (χ1v) is 53.1. The zero-order valence-electron chi connectivity index (χ0n) is 73.1. The van der Waals surface area contributed by atoms with Gasteiger partial charge in [0.05, 0.1) is 28.4 Å². The van der Waals surface area contributed by atoms with Gasteiger partial charge in [-0.3, -0.25) is 4.79 Å². The molecule has 0 amide bonds. The highest BCUT2D eigenvalue weighted by atomic mass is 35.6. The summed E-state index contributed by atoms with van der Waals surface area (Å²) in [4.78, 5) is 85.5. The number of halogens is 36. The van der Waals surface area contributed by atoms with Crippen molar-refractivity contribution in [2.45, 2.75) is 52.4 Å². The van der Waals surface area contributed by atoms with Crippen LogP contribution >= 0.6 is 418 Å². The number of rotatable bonds is 12. The van der Waals surface area contributed by atoms with E-state index < -0.39 is 45.5 Å². The fourth-order valence-corrected chi connectivity index (χ4v) is 15.1. The lowest BCUT2D eigenvalue weighted by Crippen LogP contribution is -2.16. The third-order valence-electron chi connectivity index (χ3n) is 18.6. The van der Waals surface area contributed by atoms with E-state index in [2.05, 4.69) is 89.7 Å². The number of methoxy groups -OCH3 is 4. The summed E-state index contributed by atoms with van der Waals surface area (Å²) in [5, 5.41) is 5.11. The van der Waals surface area contributed by atoms with Gasteiger partial charge in [-0.1, -0.05) is 503 Å². The minimum atomic E-state index is -1.98. The largest absolute Gasteiger partial charge is 0.497 e. The van der Waals surface area contributed by atoms with Gasteiger partial charge < -0.3 is 28.4 Å². The second-order valence-electron chi connectivity index (χ2n) is 28.8. The third-order valence-corrected chi connectivity index (χ3v) is 24.7. The number of ketones is 1. The third kappa shape index (κ3) is 34.7. The normalized spacial score (nSPS) is 12.7. The zero-order chi connectivity index (χ0) is 110. The first-order valence-electron chi connectivity index (χ1n) is 39.5. The van der Waals surface area contributed by atoms with Crippen molar-refractivity contribution >= 4 is 468 Å². The smallest absolute Gasteiger partial charge is 0.250 e. The molecule has 9 aromatic carbocycles. The van der Waals surface area contributed by atoms with Crippen molar-refractivity contribution in [1.29, 1.82) is 0 Å². The van der Waals surface area contributed by atoms with E-state index in [1.165, 1.54) is 14.0 Å². The number of carbonyl (C=O) groups is 1. The average Bonchev–Trinajstić information content (AvgIpc) is 1.06. The van der Waals surface area contributed by atoms with E-state index in [1.807, 2.05) is 91.0 Å². The lowest BCUT2D eigenvalue weighted by atomic mass is 9.99. The lowest BCUT2D eigenvalue weighted by Gasteiger charge is -2.17. The van der Waals surface area contributed by atoms with E-state index in [1.54, 1.807) is 118 Å². The number of benzene rings is 9. The molecule has 0 aliphatic carbocycles. The summed E-state index contributed by atoms with van der Waals surface area (Å²) in [5.74, 6) is 3.03. The maximum absolute atomic E-state index is 11.9. The number of aromatic nitrogens is 18. The molecule has 0 N–H and O–H groups in total. The Balaban J connectivity index is 0.000000169. The van der Waals surface area contributed by atoms with Crippen LogP contribution in [0.1, 0.15) is 98.6 Å². The van der Waals surface area contributed by atoms with Crippen LogP contribution in [-0.4, -0.2) is 131 Å². The zero-order valence-corrected chi connectivity index (χ0v) is 100. The molecule has 25 nitrogen and oxygen atoms in total. The van der Waals surface area contributed by atoms with E-state index in [4.69, 9.17) is 446 Å². The minimum Gasteiger partial charge on any atom is -0.497 e. The Morgan fingerprint density at radius 2 is 0.554 bits per heavy atom. The number of Topliss-reactive ketones (excluding diaryl/α,β-unsaturated/α-hetero) is 1. The van der Waals surface area contributed by atoms with Crippen LogP contribution < -0.4 is 28.4 Å². The molecule has 0 bridgehead atoms. The fourth-order valence-electron chi connectivity index (χ4n) is 12.0. The van der Waals surface area contributed by atoms with Gasteiger partial charge in [-0.2, -0.15) is 0 Å². The number of nitrogens with zero attached hydrogens (tertiary/aromatic N) is 18. The van der Waals surface area contributed by atoms with Gasteiger partial charge in [0.2, 0.25) is 52.3 Å². The number of alkyl halides is 36. The average molecular weight is 2730 g/mol. The van der Waals surface area contributed by atoms with Gasteiger partial charge in [-0.15, -0.1) is 0 Å². The Bertz CT molecular complexity index is 7170. The van der Waals surface area contributed by atoms with Gasteiger partial charge in [0.1, 0.15) is 23.0 Å². The number of fused-ring (bicyclic) bond motifs is 4. The van der Waals surface area contributed by atoms with Crippen LogP contribution in [0.15, 0.2) is 176 Å². The molecule has 780 valence electrons. The summed E-state index contributed by atoms with van der Waals surface area (Å²) in [7, 11) is 6.27. The molecule has 7 heterocycles. The predicted octanol–water partition coefficient (Wildman–Crippen LogP) is 35.1. The Morgan fingerprint density at radius 1 is 0.257 bits per heavy atom. The summed E-state index contributed by atoms with van der Waals surface area (Å²) >= 11 is 211. The van der Waals surface area contributed by atoms with E-state index in [9.17, 15) is 4.79 Å². The molecule has 0 saturated heterocycles. The van der Waals surface area contributed by atoms with E-state index in [0.717, 1.165) is 38.2 Å². The SMILES string of the molecule is COc1ccc(-c2nc(C(Cl)(Cl)Cl)nc(C(Cl)(Cl)Cl)n2)c2cc(C(C)=O)ccc12.COc1ccc(-c2nc(C(Cl)(Cl)Cl)nc(C(Cl)(Cl)Cl)n2)c2ccccc12.COc1ccc(-c2nc(C(Cl)(Cl)Cl)nc(C(Cl)(Cl)Cl)n2)cc1.COc1ccc(/C=C/c2nc(C(Cl)(Cl)Cl)nc(C(Cl)(Cl)Cl)n2)cc1.ClC(Cl)(Cl)c1nc(-c2ccc3c(c2)OCO3)nc(C(Cl)(Cl)Cl)n1.ClC(Cl)(Cl)c1nc(-c2ccc3ccccc3c2)nc(C(Cl)(Cl)Cl)n1. The Morgan fingerprint density at radius 3 is 0.912 bits per heavy atom. The van der Waals surface area contributed by atoms with E-state index in [-0.39, 0.29) is 117 Å². The minimum absolute atomic E-state index is 0.107. The predicted molar refractivity (Wildman–Crippen MR) is 607 cm³/mol. The fraction of sp³-hybridized carbons (Fsp3) is 0.207. The molecule has 1 aliphatic heterocycles. The van der Waals surface area contributed by atoms with Crippen LogP contribution in [0, 0.1) is 0 Å². The lowest BCUT2D eigenvalue weighted by molar-refractivity contribution is 0.101. The second-order valence-corrected chi connectivity index (χ2v) is 56.2. The molecular formula is C87H48Cl36N18O7. The number of hydrogen-bond acceptors (Lipinski definition) is 25. The standard InChI is InChI=1S/C18H11Cl6N3O2.C16H9Cl6N3O.C15H7Cl6N3.C14H9Cl6N3O.C12H5Cl6N3O2.C12H7Cl6N3O/c1-8(28)9-3-4-10-12(7-9)11(5-6-13(10)29-2)14-25-15(17(19,20)21)27-16(26-14)18(22,23)24;1-26-11-7-6-10(8-4-2-3-5-9(8)11)12-23-13(15(17,18)19)25-14(24-12)16(20,21)22;16-14(17,18)12-22-11(23-13(24-12)15(19,20)21)10-6-5-8-3-1-2-4-9(8)7-10;1-24-9-5-2-8(3-6-9)4-7-10-21-11(13(15,16)17)23-12(22-10)14(18,19)20;13-11(14,15)9-19-8(20-10(21-9)12(16,17)18)5-1-2-6-7(3-5)23-4-22-6;1-22-7-4-2-6(3-5-7)8-19-9(11(13,14)15)21-10(20-8)12(16,17)18/h3-7H,1-2H3;2-7H,1H3;1-7H;2-7H,1H3;1-3H,4H2;2-5H,1H3/b;;;7-4+;;. The summed E-state index contributed by atoms with van der Waals surface area (Å²) in [6, 6.07) is 52.5. The highest BCUT2D eigenvalue weighted by Gasteiger charge is 2.42. The molecule has 0 radical (unpaired) electrons. The Labute approximate surface area is 1020 Å². The van der Waals surface area contributed by atoms with Crippen LogP contribution in [0.2, 0.25) is 0 Å². The molecule has 0 saturated carbocycles. The molecular weight excluding hydrogens is 2690 g/mol. The summed E-state index contributed by atoms with van der Waals surface area (Å²) < 4.78 is 8.67. The topological polar surface area (TPSA) is 304 Å². The first kappa shape index (κ1) is 125. The number of carbonyl (C=O) groups excluding carboxylic acids is 1. The van der Waals surface area contributed by atoms with Crippen molar-refractivity contribution in [3.8, 4) is 91.4 Å². The van der Waals surface area contributed by atoms with Gasteiger partial charge in [0, 0.05) is 44.2 Å². The molecule has 148 heavy (non-hydrogen) atoms. The molecule has 15 aromatic rings. The van der Waals surface area contributed by atoms with Crippen LogP contribution in [0.25, 0.3) is 101 Å². The van der Waals surface area contributed by atoms with E-state index in [0.29, 0.717) is 67.5 Å². The quantitative estimate of drug-likeness (QED) is 0.0810. The maximum Gasteiger partial charge on any atom is 0.250 e. The van der Waals surface area contributed by atoms with Gasteiger partial charge in [-0.25, -0.2) is 89.7 Å². The second kappa shape index (κ2) is 51.2. The van der Waals surface area contributed by atoms with Crippen molar-refractivity contribution in [2.24, 2.45) is 0 Å². The first-order chi connectivity index (χ1) is 68.5. The van der Waals surface area contributed by atoms with Gasteiger partial charge in [0.25, 0.3) is 0 Å². The van der Waals surface area contributed by atoms with Crippen molar-refractivity contribution in [2.75, 3.05) is 35.2 Å². The molecule has 0 unspecified atom stereocenters. The van der Waals surface area contributed by atoms with Crippen LogP contribution in [0.5, 0.6) is 34.5 Å². The molecule has 0 fully saturated rings. The van der Waals surface area contributed by atoms with Gasteiger partial charge >= 0.3 is 0 Å². The number of ether oxygens (including phenoxy) is 6. The monoisotopic (exact) mass is 2720 g/mol.